The molecule has 0 aliphatic rings. The number of benzene rings is 1. The van der Waals surface area contributed by atoms with Crippen molar-refractivity contribution in [2.75, 3.05) is 11.9 Å². The Hall–Kier alpha value is -3.34. The normalized spacial score (nSPS) is 10.3. The fourth-order valence-electron chi connectivity index (χ4n) is 1.52. The number of hydrogen-bond donors (Lipinski definition) is 3. The molecule has 2 aromatic rings. The molecule has 0 radical (unpaired) electrons. The van der Waals surface area contributed by atoms with Gasteiger partial charge in [-0.25, -0.2) is 15.2 Å². The Labute approximate surface area is 139 Å². The number of nitrogens with one attached hydrogen (secondary N) is 3. The van der Waals surface area contributed by atoms with Gasteiger partial charge in [0.1, 0.15) is 6.54 Å². The third-order valence-electron chi connectivity index (χ3n) is 2.55. The molecule has 3 N–H and O–H groups in total. The minimum absolute atomic E-state index is 0.0780. The summed E-state index contributed by atoms with van der Waals surface area (Å²) < 4.78 is 0. The third kappa shape index (κ3) is 5.46. The maximum atomic E-state index is 11.5. The molecule has 0 aliphatic heterocycles. The van der Waals surface area contributed by atoms with Crippen molar-refractivity contribution >= 4 is 40.3 Å². The molecule has 0 unspecified atom stereocenters. The van der Waals surface area contributed by atoms with Gasteiger partial charge in [0.15, 0.2) is 5.13 Å². The smallest absolute Gasteiger partial charge is 0.321 e. The first-order chi connectivity index (χ1) is 11.5. The number of carbonyl (C=O) groups is 2. The van der Waals surface area contributed by atoms with E-state index in [4.69, 9.17) is 0 Å². The van der Waals surface area contributed by atoms with Crippen LogP contribution in [0.1, 0.15) is 5.56 Å². The van der Waals surface area contributed by atoms with Gasteiger partial charge in [-0.3, -0.25) is 20.2 Å². The van der Waals surface area contributed by atoms with Gasteiger partial charge in [0.2, 0.25) is 0 Å². The van der Waals surface area contributed by atoms with Crippen LogP contribution in [0, 0.1) is 10.1 Å². The van der Waals surface area contributed by atoms with Crippen LogP contribution in [0.25, 0.3) is 0 Å². The predicted molar refractivity (Wildman–Crippen MR) is 88.0 cm³/mol. The number of nitro groups is 1. The summed E-state index contributed by atoms with van der Waals surface area (Å²) in [5.41, 5.74) is 2.58. The molecule has 1 aromatic heterocycles. The van der Waals surface area contributed by atoms with Crippen molar-refractivity contribution in [3.8, 4) is 0 Å². The molecule has 1 heterocycles. The van der Waals surface area contributed by atoms with Gasteiger partial charge >= 0.3 is 6.03 Å². The summed E-state index contributed by atoms with van der Waals surface area (Å²) in [6, 6.07) is 5.20. The molecule has 3 amide bonds. The number of non-ortho nitro benzene ring substituents is 1. The third-order valence-corrected chi connectivity index (χ3v) is 3.23. The van der Waals surface area contributed by atoms with E-state index in [1.54, 1.807) is 11.4 Å². The van der Waals surface area contributed by atoms with Gasteiger partial charge in [-0.2, -0.15) is 5.10 Å². The number of amides is 3. The molecular weight excluding hydrogens is 336 g/mol. The summed E-state index contributed by atoms with van der Waals surface area (Å²) in [5, 5.41) is 21.2. The minimum atomic E-state index is -0.567. The first-order valence-corrected chi connectivity index (χ1v) is 7.43. The highest BCUT2D eigenvalue weighted by Crippen LogP contribution is 2.11. The number of carbonyl (C=O) groups excluding carboxylic acids is 2. The van der Waals surface area contributed by atoms with Gasteiger partial charge < -0.3 is 5.32 Å². The van der Waals surface area contributed by atoms with Gasteiger partial charge in [-0.1, -0.05) is 12.1 Å². The second-order valence-electron chi connectivity index (χ2n) is 4.29. The molecule has 0 spiro atoms. The summed E-state index contributed by atoms with van der Waals surface area (Å²) in [5.74, 6) is -0.550. The van der Waals surface area contributed by atoms with Gasteiger partial charge in [-0.05, 0) is 0 Å². The number of anilines is 1. The Morgan fingerprint density at radius 3 is 2.96 bits per heavy atom. The van der Waals surface area contributed by atoms with E-state index < -0.39 is 16.9 Å². The van der Waals surface area contributed by atoms with Crippen LogP contribution < -0.4 is 16.1 Å². The predicted octanol–water partition coefficient (Wildman–Crippen LogP) is 1.32. The molecule has 0 saturated heterocycles. The maximum absolute atomic E-state index is 11.5. The lowest BCUT2D eigenvalue weighted by molar-refractivity contribution is -0.384. The first-order valence-electron chi connectivity index (χ1n) is 6.55. The number of nitrogens with zero attached hydrogens (tertiary/aromatic N) is 3. The van der Waals surface area contributed by atoms with E-state index in [2.05, 4.69) is 26.1 Å². The molecule has 124 valence electrons. The fraction of sp³-hybridized carbons (Fsp3) is 0.0769. The molecule has 0 atom stereocenters. The van der Waals surface area contributed by atoms with E-state index in [1.807, 2.05) is 0 Å². The van der Waals surface area contributed by atoms with Crippen molar-refractivity contribution in [2.24, 2.45) is 5.10 Å². The zero-order valence-corrected chi connectivity index (χ0v) is 12.9. The van der Waals surface area contributed by atoms with Crippen LogP contribution in [0.3, 0.4) is 0 Å². The van der Waals surface area contributed by atoms with Crippen molar-refractivity contribution < 1.29 is 14.5 Å². The SMILES string of the molecule is O=C(CNC(=O)Nc1nccs1)NN=Cc1cccc([N+](=O)[O-])c1. The van der Waals surface area contributed by atoms with Crippen LogP contribution in [0.5, 0.6) is 0 Å². The van der Waals surface area contributed by atoms with Crippen molar-refractivity contribution in [3.63, 3.8) is 0 Å². The Kier molecular flexibility index (Phi) is 5.91. The average molecular weight is 348 g/mol. The van der Waals surface area contributed by atoms with Gasteiger partial charge in [0, 0.05) is 29.3 Å². The lowest BCUT2D eigenvalue weighted by Crippen LogP contribution is -2.37. The van der Waals surface area contributed by atoms with Crippen LogP contribution in [-0.4, -0.2) is 34.6 Å². The highest BCUT2D eigenvalue weighted by atomic mass is 32.1. The number of nitro benzene ring substituents is 1. The average Bonchev–Trinajstić information content (AvgIpc) is 3.06. The zero-order valence-electron chi connectivity index (χ0n) is 12.1. The second-order valence-corrected chi connectivity index (χ2v) is 5.18. The summed E-state index contributed by atoms with van der Waals surface area (Å²) in [6.07, 6.45) is 2.80. The molecule has 0 bridgehead atoms. The van der Waals surface area contributed by atoms with Crippen LogP contribution in [-0.2, 0) is 4.79 Å². The second kappa shape index (κ2) is 8.33. The Morgan fingerprint density at radius 2 is 2.25 bits per heavy atom. The highest BCUT2D eigenvalue weighted by molar-refractivity contribution is 7.13. The minimum Gasteiger partial charge on any atom is -0.329 e. The van der Waals surface area contributed by atoms with Crippen LogP contribution in [0.2, 0.25) is 0 Å². The summed E-state index contributed by atoms with van der Waals surface area (Å²) in [6.45, 7) is -0.288. The number of rotatable bonds is 6. The summed E-state index contributed by atoms with van der Waals surface area (Å²) in [4.78, 5) is 37.0. The maximum Gasteiger partial charge on any atom is 0.321 e. The first kappa shape index (κ1) is 17.0. The van der Waals surface area contributed by atoms with E-state index in [1.165, 1.54) is 41.9 Å². The highest BCUT2D eigenvalue weighted by Gasteiger charge is 2.06. The zero-order chi connectivity index (χ0) is 17.4. The molecule has 0 aliphatic carbocycles. The number of thiazole rings is 1. The molecule has 11 heteroatoms. The summed E-state index contributed by atoms with van der Waals surface area (Å²) >= 11 is 1.25. The van der Waals surface area contributed by atoms with E-state index in [0.717, 1.165) is 0 Å². The van der Waals surface area contributed by atoms with E-state index in [9.17, 15) is 19.7 Å². The Morgan fingerprint density at radius 1 is 1.42 bits per heavy atom. The Bertz CT molecular complexity index is 762. The van der Waals surface area contributed by atoms with Crippen molar-refractivity contribution in [1.29, 1.82) is 0 Å². The monoisotopic (exact) mass is 348 g/mol. The quantitative estimate of drug-likeness (QED) is 0.410. The standard InChI is InChI=1S/C13H12N6O4S/c20-11(8-15-12(21)17-13-14-4-5-24-13)18-16-7-9-2-1-3-10(6-9)19(22)23/h1-7H,8H2,(H,18,20)(H2,14,15,17,21). The molecule has 24 heavy (non-hydrogen) atoms. The molecular formula is C13H12N6O4S. The molecule has 1 aromatic carbocycles. The van der Waals surface area contributed by atoms with E-state index in [0.29, 0.717) is 10.7 Å². The largest absolute Gasteiger partial charge is 0.329 e. The van der Waals surface area contributed by atoms with Crippen LogP contribution in [0.4, 0.5) is 15.6 Å². The fourth-order valence-corrected chi connectivity index (χ4v) is 2.05. The van der Waals surface area contributed by atoms with Crippen molar-refractivity contribution in [2.45, 2.75) is 0 Å². The number of hydrazone groups is 1. The number of aromatic nitrogens is 1. The van der Waals surface area contributed by atoms with Crippen LogP contribution in [0.15, 0.2) is 40.9 Å². The topological polar surface area (TPSA) is 139 Å². The lowest BCUT2D eigenvalue weighted by atomic mass is 10.2. The molecule has 10 nitrogen and oxygen atoms in total. The van der Waals surface area contributed by atoms with Gasteiger partial charge in [0.05, 0.1) is 11.1 Å². The lowest BCUT2D eigenvalue weighted by Gasteiger charge is -2.04. The van der Waals surface area contributed by atoms with Gasteiger partial charge in [-0.15, -0.1) is 11.3 Å². The molecule has 0 fully saturated rings. The van der Waals surface area contributed by atoms with E-state index in [-0.39, 0.29) is 12.2 Å². The summed E-state index contributed by atoms with van der Waals surface area (Å²) in [7, 11) is 0. The van der Waals surface area contributed by atoms with Crippen molar-refractivity contribution in [1.82, 2.24) is 15.7 Å². The van der Waals surface area contributed by atoms with Crippen molar-refractivity contribution in [3.05, 3.63) is 51.5 Å². The van der Waals surface area contributed by atoms with Crippen LogP contribution >= 0.6 is 11.3 Å². The van der Waals surface area contributed by atoms with E-state index >= 15 is 0 Å². The molecule has 0 saturated carbocycles. The van der Waals surface area contributed by atoms with Gasteiger partial charge in [0.25, 0.3) is 11.6 Å². The molecule has 2 rings (SSSR count). The Balaban J connectivity index is 1.75. The number of urea groups is 1. The number of hydrogen-bond acceptors (Lipinski definition) is 7.